The van der Waals surface area contributed by atoms with Crippen LogP contribution in [-0.2, 0) is 0 Å². The maximum atomic E-state index is 11.3. The molecule has 0 spiro atoms. The van der Waals surface area contributed by atoms with Crippen LogP contribution in [0.3, 0.4) is 0 Å². The molecule has 2 N–H and O–H groups in total. The van der Waals surface area contributed by atoms with Crippen molar-refractivity contribution in [1.29, 1.82) is 0 Å². The fourth-order valence-electron chi connectivity index (χ4n) is 1.84. The van der Waals surface area contributed by atoms with E-state index in [1.807, 2.05) is 0 Å². The molecule has 0 atom stereocenters. The van der Waals surface area contributed by atoms with Gasteiger partial charge in [0.2, 0.25) is 0 Å². The molecule has 1 aliphatic carbocycles. The average Bonchev–Trinajstić information content (AvgIpc) is 2.48. The molecule has 1 saturated carbocycles. The van der Waals surface area contributed by atoms with Gasteiger partial charge in [-0.05, 0) is 26.2 Å². The maximum Gasteiger partial charge on any atom is 0.315 e. The summed E-state index contributed by atoms with van der Waals surface area (Å²) < 4.78 is 0. The Bertz CT molecular complexity index is 174. The van der Waals surface area contributed by atoms with Gasteiger partial charge in [0.25, 0.3) is 0 Å². The zero-order valence-corrected chi connectivity index (χ0v) is 8.65. The van der Waals surface area contributed by atoms with Crippen molar-refractivity contribution in [2.75, 3.05) is 6.54 Å². The quantitative estimate of drug-likeness (QED) is 0.692. The molecule has 3 nitrogen and oxygen atoms in total. The van der Waals surface area contributed by atoms with Gasteiger partial charge in [0.05, 0.1) is 0 Å². The van der Waals surface area contributed by atoms with Gasteiger partial charge in [-0.2, -0.15) is 0 Å². The van der Waals surface area contributed by atoms with Crippen LogP contribution in [0.15, 0.2) is 0 Å². The van der Waals surface area contributed by atoms with E-state index in [2.05, 4.69) is 24.5 Å². The Morgan fingerprint density at radius 3 is 2.54 bits per heavy atom. The molecule has 1 fully saturated rings. The topological polar surface area (TPSA) is 41.1 Å². The molecule has 0 heterocycles. The molecule has 13 heavy (non-hydrogen) atoms. The summed E-state index contributed by atoms with van der Waals surface area (Å²) in [6.45, 7) is 4.95. The highest BCUT2D eigenvalue weighted by atomic mass is 16.2. The van der Waals surface area contributed by atoms with Crippen LogP contribution < -0.4 is 10.6 Å². The Kier molecular flexibility index (Phi) is 3.58. The Morgan fingerprint density at radius 1 is 1.38 bits per heavy atom. The molecule has 1 aliphatic rings. The van der Waals surface area contributed by atoms with E-state index in [4.69, 9.17) is 0 Å². The van der Waals surface area contributed by atoms with Crippen LogP contribution in [-0.4, -0.2) is 18.1 Å². The third-order valence-corrected chi connectivity index (χ3v) is 2.66. The number of carbonyl (C=O) groups excluding carboxylic acids is 1. The summed E-state index contributed by atoms with van der Waals surface area (Å²) >= 11 is 0. The van der Waals surface area contributed by atoms with E-state index in [0.717, 1.165) is 25.8 Å². The summed E-state index contributed by atoms with van der Waals surface area (Å²) in [4.78, 5) is 11.3. The number of amides is 2. The van der Waals surface area contributed by atoms with Crippen LogP contribution in [0.4, 0.5) is 4.79 Å². The van der Waals surface area contributed by atoms with E-state index in [1.54, 1.807) is 0 Å². The zero-order chi connectivity index (χ0) is 9.73. The summed E-state index contributed by atoms with van der Waals surface area (Å²) in [6.07, 6.45) is 5.71. The molecule has 76 valence electrons. The molecule has 0 unspecified atom stereocenters. The predicted octanol–water partition coefficient (Wildman–Crippen LogP) is 2.03. The van der Waals surface area contributed by atoms with Crippen molar-refractivity contribution in [2.45, 2.75) is 51.5 Å². The molecule has 0 bridgehead atoms. The number of hydrogen-bond donors (Lipinski definition) is 2. The summed E-state index contributed by atoms with van der Waals surface area (Å²) in [7, 11) is 0. The molecular formula is C10H20N2O. The molecule has 1 rings (SSSR count). The van der Waals surface area contributed by atoms with Crippen LogP contribution in [0.2, 0.25) is 0 Å². The summed E-state index contributed by atoms with van der Waals surface area (Å²) in [5.41, 5.74) is 0.0534. The lowest BCUT2D eigenvalue weighted by molar-refractivity contribution is 0.228. The number of carbonyl (C=O) groups is 1. The molecule has 0 aliphatic heterocycles. The minimum Gasteiger partial charge on any atom is -0.338 e. The summed E-state index contributed by atoms with van der Waals surface area (Å²) in [5.74, 6) is 0. The Hall–Kier alpha value is -0.730. The second kappa shape index (κ2) is 4.49. The largest absolute Gasteiger partial charge is 0.338 e. The highest BCUT2D eigenvalue weighted by Crippen LogP contribution is 2.28. The lowest BCUT2D eigenvalue weighted by Crippen LogP contribution is -2.48. The second-order valence-electron chi connectivity index (χ2n) is 4.15. The van der Waals surface area contributed by atoms with Crippen LogP contribution in [0.25, 0.3) is 0 Å². The van der Waals surface area contributed by atoms with Gasteiger partial charge < -0.3 is 10.6 Å². The van der Waals surface area contributed by atoms with E-state index < -0.39 is 0 Å². The lowest BCUT2D eigenvalue weighted by atomic mass is 10.0. The van der Waals surface area contributed by atoms with Crippen LogP contribution in [0, 0.1) is 0 Å². The first-order valence-electron chi connectivity index (χ1n) is 5.22. The van der Waals surface area contributed by atoms with E-state index in [-0.39, 0.29) is 11.6 Å². The molecule has 0 saturated heterocycles. The number of hydrogen-bond acceptors (Lipinski definition) is 1. The number of nitrogens with one attached hydrogen (secondary N) is 2. The highest BCUT2D eigenvalue weighted by Gasteiger charge is 2.29. The van der Waals surface area contributed by atoms with Gasteiger partial charge >= 0.3 is 6.03 Å². The van der Waals surface area contributed by atoms with Gasteiger partial charge in [0.15, 0.2) is 0 Å². The monoisotopic (exact) mass is 184 g/mol. The SMILES string of the molecule is CCCNC(=O)NC1(C)CCCC1. The predicted molar refractivity (Wildman–Crippen MR) is 53.7 cm³/mol. The van der Waals surface area contributed by atoms with Gasteiger partial charge in [-0.15, -0.1) is 0 Å². The van der Waals surface area contributed by atoms with Crippen molar-refractivity contribution in [2.24, 2.45) is 0 Å². The third-order valence-electron chi connectivity index (χ3n) is 2.66. The van der Waals surface area contributed by atoms with Crippen molar-refractivity contribution < 1.29 is 4.79 Å². The first kappa shape index (κ1) is 10.4. The van der Waals surface area contributed by atoms with E-state index in [1.165, 1.54) is 12.8 Å². The van der Waals surface area contributed by atoms with Crippen LogP contribution in [0.5, 0.6) is 0 Å². The van der Waals surface area contributed by atoms with Gasteiger partial charge in [-0.25, -0.2) is 4.79 Å². The van der Waals surface area contributed by atoms with Crippen LogP contribution >= 0.6 is 0 Å². The maximum absolute atomic E-state index is 11.3. The van der Waals surface area contributed by atoms with Gasteiger partial charge in [-0.1, -0.05) is 19.8 Å². The second-order valence-corrected chi connectivity index (χ2v) is 4.15. The summed E-state index contributed by atoms with van der Waals surface area (Å²) in [6, 6.07) is -0.00810. The van der Waals surface area contributed by atoms with Gasteiger partial charge in [-0.3, -0.25) is 0 Å². The fraction of sp³-hybridized carbons (Fsp3) is 0.900. The average molecular weight is 184 g/mol. The Morgan fingerprint density at radius 2 is 2.00 bits per heavy atom. The van der Waals surface area contributed by atoms with Crippen molar-refractivity contribution >= 4 is 6.03 Å². The molecule has 0 radical (unpaired) electrons. The number of urea groups is 1. The number of rotatable bonds is 3. The normalized spacial score (nSPS) is 19.8. The van der Waals surface area contributed by atoms with Gasteiger partial charge in [0.1, 0.15) is 0 Å². The molecule has 2 amide bonds. The zero-order valence-electron chi connectivity index (χ0n) is 8.65. The standard InChI is InChI=1S/C10H20N2O/c1-3-8-11-9(13)12-10(2)6-4-5-7-10/h3-8H2,1-2H3,(H2,11,12,13). The molecule has 0 aromatic carbocycles. The minimum atomic E-state index is -0.00810. The minimum absolute atomic E-state index is 0.00810. The van der Waals surface area contributed by atoms with Gasteiger partial charge in [0, 0.05) is 12.1 Å². The Labute approximate surface area is 80.3 Å². The van der Waals surface area contributed by atoms with E-state index in [0.29, 0.717) is 0 Å². The Balaban J connectivity index is 2.26. The van der Waals surface area contributed by atoms with Crippen LogP contribution in [0.1, 0.15) is 46.0 Å². The lowest BCUT2D eigenvalue weighted by Gasteiger charge is -2.25. The third kappa shape index (κ3) is 3.25. The summed E-state index contributed by atoms with van der Waals surface area (Å²) in [5, 5.41) is 5.87. The molecule has 0 aromatic heterocycles. The van der Waals surface area contributed by atoms with E-state index in [9.17, 15) is 4.79 Å². The van der Waals surface area contributed by atoms with E-state index >= 15 is 0 Å². The van der Waals surface area contributed by atoms with Crippen molar-refractivity contribution in [3.05, 3.63) is 0 Å². The molecule has 0 aromatic rings. The smallest absolute Gasteiger partial charge is 0.315 e. The first-order chi connectivity index (χ1) is 6.16. The first-order valence-corrected chi connectivity index (χ1v) is 5.22. The van der Waals surface area contributed by atoms with Crippen molar-refractivity contribution in [1.82, 2.24) is 10.6 Å². The fourth-order valence-corrected chi connectivity index (χ4v) is 1.84. The van der Waals surface area contributed by atoms with Crippen molar-refractivity contribution in [3.63, 3.8) is 0 Å². The van der Waals surface area contributed by atoms with Crippen molar-refractivity contribution in [3.8, 4) is 0 Å². The molecular weight excluding hydrogens is 164 g/mol. The molecule has 3 heteroatoms. The highest BCUT2D eigenvalue weighted by molar-refractivity contribution is 5.74.